The van der Waals surface area contributed by atoms with Crippen LogP contribution in [0.25, 0.3) is 6.20 Å². The van der Waals surface area contributed by atoms with Gasteiger partial charge in [-0.3, -0.25) is 4.90 Å². The molecule has 0 unspecified atom stereocenters. The maximum atomic E-state index is 13.3. The quantitative estimate of drug-likeness (QED) is 0.931. The number of hydrogen-bond donors (Lipinski definition) is 1. The van der Waals surface area contributed by atoms with Gasteiger partial charge in [-0.05, 0) is 18.1 Å². The molecule has 24 heavy (non-hydrogen) atoms. The van der Waals surface area contributed by atoms with Crippen LogP contribution in [0.3, 0.4) is 0 Å². The van der Waals surface area contributed by atoms with Crippen molar-refractivity contribution >= 4 is 6.20 Å². The molecule has 2 heterocycles. The molecule has 0 radical (unpaired) electrons. The molecule has 1 aliphatic heterocycles. The summed E-state index contributed by atoms with van der Waals surface area (Å²) in [4.78, 5) is 1.86. The molecule has 128 valence electrons. The number of hydrogen-bond acceptors (Lipinski definition) is 3. The van der Waals surface area contributed by atoms with Crippen LogP contribution < -0.4 is 0 Å². The topological polar surface area (TPSA) is 41.3 Å². The van der Waals surface area contributed by atoms with Crippen molar-refractivity contribution in [1.82, 2.24) is 14.7 Å². The Balaban J connectivity index is 1.90. The van der Waals surface area contributed by atoms with Crippen molar-refractivity contribution in [2.45, 2.75) is 31.3 Å². The number of aliphatic hydroxyl groups is 1. The van der Waals surface area contributed by atoms with Crippen LogP contribution in [0.15, 0.2) is 43.2 Å². The van der Waals surface area contributed by atoms with E-state index in [1.165, 1.54) is 12.1 Å². The molecule has 1 aliphatic rings. The van der Waals surface area contributed by atoms with Crippen LogP contribution in [0.4, 0.5) is 13.2 Å². The highest BCUT2D eigenvalue weighted by Crippen LogP contribution is 2.40. The summed E-state index contributed by atoms with van der Waals surface area (Å²) in [5.41, 5.74) is 0.423. The first kappa shape index (κ1) is 16.7. The van der Waals surface area contributed by atoms with Crippen molar-refractivity contribution in [3.05, 3.63) is 59.9 Å². The third-order valence-corrected chi connectivity index (χ3v) is 4.23. The zero-order chi connectivity index (χ0) is 17.3. The van der Waals surface area contributed by atoms with Gasteiger partial charge in [0.25, 0.3) is 0 Å². The molecule has 0 bridgehead atoms. The van der Waals surface area contributed by atoms with Crippen molar-refractivity contribution in [2.24, 2.45) is 0 Å². The van der Waals surface area contributed by atoms with E-state index in [1.54, 1.807) is 29.3 Å². The predicted octanol–water partition coefficient (Wildman–Crippen LogP) is 3.31. The first-order valence-electron chi connectivity index (χ1n) is 7.62. The molecule has 1 aromatic heterocycles. The molecule has 1 N–H and O–H groups in total. The largest absolute Gasteiger partial charge is 0.416 e. The van der Waals surface area contributed by atoms with Gasteiger partial charge in [0.1, 0.15) is 0 Å². The van der Waals surface area contributed by atoms with E-state index in [0.717, 1.165) is 11.6 Å². The molecule has 1 saturated heterocycles. The summed E-state index contributed by atoms with van der Waals surface area (Å²) in [5, 5.41) is 14.1. The van der Waals surface area contributed by atoms with Crippen molar-refractivity contribution < 1.29 is 18.3 Å². The van der Waals surface area contributed by atoms with E-state index < -0.39 is 23.9 Å². The fraction of sp³-hybridized carbons (Fsp3) is 0.353. The average molecular weight is 337 g/mol. The van der Waals surface area contributed by atoms with E-state index in [1.807, 2.05) is 4.90 Å². The molecule has 2 atom stereocenters. The lowest BCUT2D eigenvalue weighted by atomic mass is 9.97. The SMILES string of the molecule is C=Cn1cc(CN2C[C@@H](O)C[C@@H]2c2ccccc2C(F)(F)F)cn1. The molecule has 0 aliphatic carbocycles. The second-order valence-corrected chi connectivity index (χ2v) is 5.93. The molecule has 1 aromatic carbocycles. The zero-order valence-electron chi connectivity index (χ0n) is 12.9. The van der Waals surface area contributed by atoms with E-state index in [2.05, 4.69) is 11.7 Å². The minimum atomic E-state index is -4.41. The second-order valence-electron chi connectivity index (χ2n) is 5.93. The first-order valence-corrected chi connectivity index (χ1v) is 7.62. The van der Waals surface area contributed by atoms with E-state index in [9.17, 15) is 18.3 Å². The van der Waals surface area contributed by atoms with Gasteiger partial charge in [-0.1, -0.05) is 24.8 Å². The molecule has 3 rings (SSSR count). The summed E-state index contributed by atoms with van der Waals surface area (Å²) >= 11 is 0. The summed E-state index contributed by atoms with van der Waals surface area (Å²) in [6.45, 7) is 4.36. The van der Waals surface area contributed by atoms with Gasteiger partial charge in [-0.15, -0.1) is 0 Å². The molecule has 1 fully saturated rings. The van der Waals surface area contributed by atoms with Crippen LogP contribution in [0.5, 0.6) is 0 Å². The predicted molar refractivity (Wildman–Crippen MR) is 83.8 cm³/mol. The number of nitrogens with zero attached hydrogens (tertiary/aromatic N) is 3. The van der Waals surface area contributed by atoms with Crippen LogP contribution >= 0.6 is 0 Å². The molecule has 2 aromatic rings. The van der Waals surface area contributed by atoms with E-state index >= 15 is 0 Å². The number of alkyl halides is 3. The number of β-amino-alcohol motifs (C(OH)–C–C–N with tert-alkyl or cyclic N) is 1. The van der Waals surface area contributed by atoms with Gasteiger partial charge in [0.15, 0.2) is 0 Å². The highest BCUT2D eigenvalue weighted by Gasteiger charge is 2.39. The lowest BCUT2D eigenvalue weighted by Crippen LogP contribution is -2.25. The van der Waals surface area contributed by atoms with Crippen LogP contribution in [0.2, 0.25) is 0 Å². The Hall–Kier alpha value is -2.12. The highest BCUT2D eigenvalue weighted by molar-refractivity contribution is 5.33. The van der Waals surface area contributed by atoms with E-state index in [0.29, 0.717) is 13.1 Å². The Kier molecular flexibility index (Phi) is 4.47. The summed E-state index contributed by atoms with van der Waals surface area (Å²) in [5.74, 6) is 0. The van der Waals surface area contributed by atoms with E-state index in [4.69, 9.17) is 0 Å². The summed E-state index contributed by atoms with van der Waals surface area (Å²) < 4.78 is 41.4. The normalized spacial score (nSPS) is 22.0. The van der Waals surface area contributed by atoms with Crippen molar-refractivity contribution in [3.63, 3.8) is 0 Å². The summed E-state index contributed by atoms with van der Waals surface area (Å²) in [6.07, 6.45) is 0.180. The maximum Gasteiger partial charge on any atom is 0.416 e. The minimum absolute atomic E-state index is 0.206. The smallest absolute Gasteiger partial charge is 0.392 e. The van der Waals surface area contributed by atoms with Crippen molar-refractivity contribution in [2.75, 3.05) is 6.54 Å². The van der Waals surface area contributed by atoms with Gasteiger partial charge < -0.3 is 5.11 Å². The van der Waals surface area contributed by atoms with Gasteiger partial charge in [-0.2, -0.15) is 18.3 Å². The number of rotatable bonds is 4. The number of aliphatic hydroxyl groups excluding tert-OH is 1. The third kappa shape index (κ3) is 3.37. The summed E-state index contributed by atoms with van der Waals surface area (Å²) in [6, 6.07) is 5.09. The third-order valence-electron chi connectivity index (χ3n) is 4.23. The van der Waals surface area contributed by atoms with Crippen molar-refractivity contribution in [1.29, 1.82) is 0 Å². The number of likely N-dealkylation sites (tertiary alicyclic amines) is 1. The highest BCUT2D eigenvalue weighted by atomic mass is 19.4. The molecule has 7 heteroatoms. The molecule has 0 amide bonds. The van der Waals surface area contributed by atoms with Crippen LogP contribution in [0, 0.1) is 0 Å². The summed E-state index contributed by atoms with van der Waals surface area (Å²) in [7, 11) is 0. The zero-order valence-corrected chi connectivity index (χ0v) is 12.9. The fourth-order valence-electron chi connectivity index (χ4n) is 3.22. The van der Waals surface area contributed by atoms with Crippen LogP contribution in [-0.2, 0) is 12.7 Å². The van der Waals surface area contributed by atoms with Gasteiger partial charge >= 0.3 is 6.18 Å². The molecule has 0 spiro atoms. The fourth-order valence-corrected chi connectivity index (χ4v) is 3.22. The van der Waals surface area contributed by atoms with Crippen molar-refractivity contribution in [3.8, 4) is 0 Å². The van der Waals surface area contributed by atoms with Crippen LogP contribution in [-0.4, -0.2) is 32.4 Å². The Morgan fingerprint density at radius 3 is 2.75 bits per heavy atom. The first-order chi connectivity index (χ1) is 11.4. The lowest BCUT2D eigenvalue weighted by Gasteiger charge is -2.26. The van der Waals surface area contributed by atoms with Gasteiger partial charge in [0.05, 0.1) is 17.9 Å². The number of benzene rings is 1. The Morgan fingerprint density at radius 1 is 1.33 bits per heavy atom. The number of halogens is 3. The standard InChI is InChI=1S/C17H18F3N3O/c1-2-23-10-12(8-21-23)9-22-11-13(24)7-16(22)14-5-3-4-6-15(14)17(18,19)20/h2-6,8,10,13,16,24H,1,7,9,11H2/t13-,16+/m0/s1. The average Bonchev–Trinajstić information content (AvgIpc) is 3.13. The monoisotopic (exact) mass is 337 g/mol. The Labute approximate surface area is 137 Å². The second kappa shape index (κ2) is 6.41. The molecular weight excluding hydrogens is 319 g/mol. The lowest BCUT2D eigenvalue weighted by molar-refractivity contribution is -0.138. The van der Waals surface area contributed by atoms with Gasteiger partial charge in [0, 0.05) is 37.1 Å². The van der Waals surface area contributed by atoms with E-state index in [-0.39, 0.29) is 12.0 Å². The number of aromatic nitrogens is 2. The minimum Gasteiger partial charge on any atom is -0.392 e. The van der Waals surface area contributed by atoms with Gasteiger partial charge in [-0.25, -0.2) is 4.68 Å². The molecular formula is C17H18F3N3O. The van der Waals surface area contributed by atoms with Crippen LogP contribution in [0.1, 0.15) is 29.2 Å². The van der Waals surface area contributed by atoms with Gasteiger partial charge in [0.2, 0.25) is 0 Å². The molecule has 0 saturated carbocycles. The maximum absolute atomic E-state index is 13.3. The Morgan fingerprint density at radius 2 is 2.08 bits per heavy atom. The molecule has 4 nitrogen and oxygen atoms in total. The Bertz CT molecular complexity index is 726.